The summed E-state index contributed by atoms with van der Waals surface area (Å²) in [6, 6.07) is 6.52. The van der Waals surface area contributed by atoms with Gasteiger partial charge in [0.15, 0.2) is 0 Å². The SMILES string of the molecule is CC[C@H]1O[C@@H](n2cc(C)c(=O)[nH]c2=O)CC1ON1C(=O)c2ccccc2C1=O. The van der Waals surface area contributed by atoms with Crippen molar-refractivity contribution in [1.82, 2.24) is 14.6 Å². The van der Waals surface area contributed by atoms with E-state index in [0.29, 0.717) is 23.1 Å². The fraction of sp³-hybridized carbons (Fsp3) is 0.368. The third kappa shape index (κ3) is 2.88. The maximum atomic E-state index is 12.5. The van der Waals surface area contributed by atoms with Crippen LogP contribution in [-0.2, 0) is 9.57 Å². The number of hydroxylamine groups is 2. The molecule has 0 aliphatic carbocycles. The Bertz CT molecular complexity index is 1040. The second-order valence-electron chi connectivity index (χ2n) is 6.85. The van der Waals surface area contributed by atoms with Crippen LogP contribution in [0.2, 0.25) is 0 Å². The van der Waals surface area contributed by atoms with E-state index in [2.05, 4.69) is 4.98 Å². The minimum absolute atomic E-state index is 0.247. The standard InChI is InChI=1S/C19H19N3O6/c1-3-13-14(8-15(27-13)21-9-10(2)16(23)20-19(21)26)28-22-17(24)11-6-4-5-7-12(11)18(22)25/h4-7,9,13-15H,3,8H2,1-2H3,(H,20,23,26)/t13-,14?,15-/m1/s1. The number of carbonyl (C=O) groups is 2. The molecule has 0 saturated carbocycles. The number of hydrogen-bond acceptors (Lipinski definition) is 6. The van der Waals surface area contributed by atoms with Gasteiger partial charge in [-0.15, -0.1) is 5.06 Å². The van der Waals surface area contributed by atoms with Crippen molar-refractivity contribution in [2.75, 3.05) is 0 Å². The first-order valence-electron chi connectivity index (χ1n) is 9.02. The first-order valence-corrected chi connectivity index (χ1v) is 9.02. The number of rotatable bonds is 4. The predicted octanol–water partition coefficient (Wildman–Crippen LogP) is 1.14. The number of ether oxygens (including phenoxy) is 1. The van der Waals surface area contributed by atoms with Crippen LogP contribution in [0.3, 0.4) is 0 Å². The number of carbonyl (C=O) groups excluding carboxylic acids is 2. The summed E-state index contributed by atoms with van der Waals surface area (Å²) in [4.78, 5) is 56.8. The summed E-state index contributed by atoms with van der Waals surface area (Å²) in [5.41, 5.74) is -0.0742. The number of imide groups is 1. The molecule has 0 radical (unpaired) electrons. The van der Waals surface area contributed by atoms with Crippen LogP contribution in [0.4, 0.5) is 0 Å². The average Bonchev–Trinajstić information content (AvgIpc) is 3.20. The largest absolute Gasteiger partial charge is 0.352 e. The molecule has 0 spiro atoms. The van der Waals surface area contributed by atoms with E-state index < -0.39 is 41.5 Å². The van der Waals surface area contributed by atoms with E-state index in [9.17, 15) is 19.2 Å². The van der Waals surface area contributed by atoms with Crippen molar-refractivity contribution in [1.29, 1.82) is 0 Å². The number of benzene rings is 1. The van der Waals surface area contributed by atoms with Crippen LogP contribution in [0.15, 0.2) is 40.1 Å². The normalized spacial score (nSPS) is 24.1. The van der Waals surface area contributed by atoms with Crippen LogP contribution < -0.4 is 11.2 Å². The van der Waals surface area contributed by atoms with Gasteiger partial charge in [0.25, 0.3) is 17.4 Å². The highest BCUT2D eigenvalue weighted by atomic mass is 16.7. The summed E-state index contributed by atoms with van der Waals surface area (Å²) in [5, 5.41) is 0.768. The lowest BCUT2D eigenvalue weighted by Crippen LogP contribution is -2.37. The lowest BCUT2D eigenvalue weighted by Gasteiger charge is -2.21. The third-order valence-corrected chi connectivity index (χ3v) is 5.04. The van der Waals surface area contributed by atoms with Gasteiger partial charge in [-0.1, -0.05) is 19.1 Å². The van der Waals surface area contributed by atoms with Crippen molar-refractivity contribution in [2.45, 2.75) is 45.1 Å². The molecule has 1 aromatic carbocycles. The number of nitrogens with one attached hydrogen (secondary N) is 1. The van der Waals surface area contributed by atoms with Gasteiger partial charge in [-0.2, -0.15) is 0 Å². The van der Waals surface area contributed by atoms with E-state index in [1.54, 1.807) is 31.2 Å². The van der Waals surface area contributed by atoms with Gasteiger partial charge in [-0.25, -0.2) is 4.79 Å². The number of amides is 2. The molecule has 1 fully saturated rings. The first-order chi connectivity index (χ1) is 13.4. The van der Waals surface area contributed by atoms with Crippen molar-refractivity contribution in [2.24, 2.45) is 0 Å². The van der Waals surface area contributed by atoms with Gasteiger partial charge in [0.2, 0.25) is 0 Å². The Balaban J connectivity index is 1.57. The van der Waals surface area contributed by atoms with Crippen LogP contribution >= 0.6 is 0 Å². The molecule has 1 N–H and O–H groups in total. The van der Waals surface area contributed by atoms with Crippen molar-refractivity contribution < 1.29 is 19.2 Å². The van der Waals surface area contributed by atoms with Crippen LogP contribution in [0, 0.1) is 6.92 Å². The third-order valence-electron chi connectivity index (χ3n) is 5.04. The summed E-state index contributed by atoms with van der Waals surface area (Å²) >= 11 is 0. The highest BCUT2D eigenvalue weighted by Gasteiger charge is 2.43. The topological polar surface area (TPSA) is 111 Å². The number of nitrogens with zero attached hydrogens (tertiary/aromatic N) is 2. The van der Waals surface area contributed by atoms with E-state index >= 15 is 0 Å². The zero-order chi connectivity index (χ0) is 20.0. The number of H-pyrrole nitrogens is 1. The molecule has 2 amide bonds. The molecule has 0 bridgehead atoms. The van der Waals surface area contributed by atoms with Gasteiger partial charge in [0.05, 0.1) is 17.2 Å². The molecular weight excluding hydrogens is 366 g/mol. The minimum atomic E-state index is -0.673. The summed E-state index contributed by atoms with van der Waals surface area (Å²) < 4.78 is 7.21. The minimum Gasteiger partial charge on any atom is -0.352 e. The van der Waals surface area contributed by atoms with E-state index in [-0.39, 0.29) is 6.42 Å². The number of fused-ring (bicyclic) bond motifs is 1. The molecule has 1 unspecified atom stereocenters. The molecule has 28 heavy (non-hydrogen) atoms. The molecule has 146 valence electrons. The van der Waals surface area contributed by atoms with Crippen LogP contribution in [0.25, 0.3) is 0 Å². The number of aryl methyl sites for hydroxylation is 1. The average molecular weight is 385 g/mol. The Kier molecular flexibility index (Phi) is 4.48. The smallest absolute Gasteiger partial charge is 0.330 e. The van der Waals surface area contributed by atoms with Crippen molar-refractivity contribution in [3.63, 3.8) is 0 Å². The van der Waals surface area contributed by atoms with Crippen LogP contribution in [0.5, 0.6) is 0 Å². The van der Waals surface area contributed by atoms with E-state index in [0.717, 1.165) is 5.06 Å². The Morgan fingerprint density at radius 2 is 1.79 bits per heavy atom. The van der Waals surface area contributed by atoms with E-state index in [4.69, 9.17) is 9.57 Å². The van der Waals surface area contributed by atoms with E-state index in [1.165, 1.54) is 10.8 Å². The number of aromatic nitrogens is 2. The lowest BCUT2D eigenvalue weighted by molar-refractivity contribution is -0.149. The molecule has 9 nitrogen and oxygen atoms in total. The summed E-state index contributed by atoms with van der Waals surface area (Å²) in [6.45, 7) is 3.47. The van der Waals surface area contributed by atoms with Crippen molar-refractivity contribution in [3.05, 3.63) is 68.0 Å². The Morgan fingerprint density at radius 1 is 1.14 bits per heavy atom. The maximum Gasteiger partial charge on any atom is 0.330 e. The summed E-state index contributed by atoms with van der Waals surface area (Å²) in [7, 11) is 0. The fourth-order valence-corrected chi connectivity index (χ4v) is 3.54. The van der Waals surface area contributed by atoms with Gasteiger partial charge >= 0.3 is 5.69 Å². The van der Waals surface area contributed by atoms with E-state index in [1.807, 2.05) is 6.92 Å². The molecule has 2 aliphatic heterocycles. The predicted molar refractivity (Wildman–Crippen MR) is 96.7 cm³/mol. The number of hydrogen-bond donors (Lipinski definition) is 1. The zero-order valence-electron chi connectivity index (χ0n) is 15.4. The molecule has 4 rings (SSSR count). The van der Waals surface area contributed by atoms with Gasteiger partial charge in [-0.05, 0) is 25.5 Å². The lowest BCUT2D eigenvalue weighted by atomic mass is 10.1. The molecule has 3 atom stereocenters. The summed E-state index contributed by atoms with van der Waals surface area (Å²) in [6.07, 6.45) is 0.541. The Morgan fingerprint density at radius 3 is 2.39 bits per heavy atom. The quantitative estimate of drug-likeness (QED) is 0.790. The van der Waals surface area contributed by atoms with Gasteiger partial charge in [-0.3, -0.25) is 28.8 Å². The van der Waals surface area contributed by atoms with Crippen LogP contribution in [-0.4, -0.2) is 38.6 Å². The summed E-state index contributed by atoms with van der Waals surface area (Å²) in [5.74, 6) is -1.04. The second kappa shape index (κ2) is 6.84. The maximum absolute atomic E-state index is 12.5. The van der Waals surface area contributed by atoms with Crippen molar-refractivity contribution >= 4 is 11.8 Å². The van der Waals surface area contributed by atoms with Gasteiger partial charge in [0, 0.05) is 18.2 Å². The molecular formula is C19H19N3O6. The van der Waals surface area contributed by atoms with Crippen molar-refractivity contribution in [3.8, 4) is 0 Å². The van der Waals surface area contributed by atoms with Gasteiger partial charge < -0.3 is 4.74 Å². The monoisotopic (exact) mass is 385 g/mol. The highest BCUT2D eigenvalue weighted by molar-refractivity contribution is 6.20. The Labute approximate surface area is 159 Å². The highest BCUT2D eigenvalue weighted by Crippen LogP contribution is 2.34. The molecule has 9 heteroatoms. The Hall–Kier alpha value is -3.04. The molecule has 2 aliphatic rings. The molecule has 1 aromatic heterocycles. The zero-order valence-corrected chi connectivity index (χ0v) is 15.4. The molecule has 1 saturated heterocycles. The van der Waals surface area contributed by atoms with Gasteiger partial charge in [0.1, 0.15) is 12.3 Å². The molecule has 2 aromatic rings. The fourth-order valence-electron chi connectivity index (χ4n) is 3.54. The first kappa shape index (κ1) is 18.3. The second-order valence-corrected chi connectivity index (χ2v) is 6.85. The molecule has 3 heterocycles. The number of aromatic amines is 1. The van der Waals surface area contributed by atoms with Crippen LogP contribution in [0.1, 0.15) is 52.3 Å².